The van der Waals surface area contributed by atoms with Crippen LogP contribution < -0.4 is 9.47 Å². The van der Waals surface area contributed by atoms with Gasteiger partial charge in [-0.1, -0.05) is 6.07 Å². The summed E-state index contributed by atoms with van der Waals surface area (Å²) in [7, 11) is 3.54. The second-order valence-corrected chi connectivity index (χ2v) is 3.52. The zero-order valence-corrected chi connectivity index (χ0v) is 9.60. The van der Waals surface area contributed by atoms with E-state index in [1.54, 1.807) is 13.3 Å². The first-order valence-electron chi connectivity index (χ1n) is 5.01. The molecule has 16 heavy (non-hydrogen) atoms. The zero-order chi connectivity index (χ0) is 11.5. The number of hydrogen-bond acceptors (Lipinski definition) is 3. The van der Waals surface area contributed by atoms with Gasteiger partial charge in [0.25, 0.3) is 0 Å². The van der Waals surface area contributed by atoms with Crippen molar-refractivity contribution in [2.24, 2.45) is 7.05 Å². The Morgan fingerprint density at radius 3 is 2.62 bits per heavy atom. The number of hydrogen-bond donors (Lipinski definition) is 0. The molecule has 0 aliphatic rings. The summed E-state index contributed by atoms with van der Waals surface area (Å²) < 4.78 is 12.7. The normalized spacial score (nSPS) is 10.2. The third-order valence-corrected chi connectivity index (χ3v) is 2.43. The Labute approximate surface area is 94.4 Å². The lowest BCUT2D eigenvalue weighted by Gasteiger charge is -2.06. The molecule has 0 radical (unpaired) electrons. The Morgan fingerprint density at radius 2 is 2.00 bits per heavy atom. The fourth-order valence-electron chi connectivity index (χ4n) is 1.34. The van der Waals surface area contributed by atoms with Crippen LogP contribution in [0, 0.1) is 6.92 Å². The Morgan fingerprint density at radius 1 is 1.25 bits per heavy atom. The summed E-state index contributed by atoms with van der Waals surface area (Å²) in [5.74, 6) is 1.48. The smallest absolute Gasteiger partial charge is 0.301 e. The summed E-state index contributed by atoms with van der Waals surface area (Å²) in [6.45, 7) is 1.98. The van der Waals surface area contributed by atoms with E-state index in [9.17, 15) is 0 Å². The molecule has 0 saturated heterocycles. The predicted molar refractivity (Wildman–Crippen MR) is 61.0 cm³/mol. The molecule has 0 saturated carbocycles. The highest BCUT2D eigenvalue weighted by molar-refractivity contribution is 5.34. The van der Waals surface area contributed by atoms with Gasteiger partial charge in [0.05, 0.1) is 13.3 Å². The fraction of sp³-hybridized carbons (Fsp3) is 0.250. The molecule has 84 valence electrons. The highest BCUT2D eigenvalue weighted by Gasteiger charge is 2.05. The molecule has 0 fully saturated rings. The second-order valence-electron chi connectivity index (χ2n) is 3.52. The van der Waals surface area contributed by atoms with Crippen LogP contribution in [-0.4, -0.2) is 16.7 Å². The van der Waals surface area contributed by atoms with Gasteiger partial charge in [0.1, 0.15) is 11.5 Å². The molecule has 0 amide bonds. The van der Waals surface area contributed by atoms with Crippen LogP contribution in [0.1, 0.15) is 5.69 Å². The van der Waals surface area contributed by atoms with E-state index in [1.165, 1.54) is 0 Å². The van der Waals surface area contributed by atoms with Crippen LogP contribution in [0.25, 0.3) is 0 Å². The van der Waals surface area contributed by atoms with E-state index in [0.29, 0.717) is 11.8 Å². The average molecular weight is 218 g/mol. The SMILES string of the molecule is COc1cccc(Oc2ncc(C)n2C)c1. The third-order valence-electron chi connectivity index (χ3n) is 2.43. The van der Waals surface area contributed by atoms with E-state index in [4.69, 9.17) is 9.47 Å². The first-order chi connectivity index (χ1) is 7.70. The van der Waals surface area contributed by atoms with Gasteiger partial charge in [-0.05, 0) is 19.1 Å². The number of benzene rings is 1. The van der Waals surface area contributed by atoms with E-state index in [-0.39, 0.29) is 0 Å². The van der Waals surface area contributed by atoms with Crippen molar-refractivity contribution in [3.63, 3.8) is 0 Å². The fourth-order valence-corrected chi connectivity index (χ4v) is 1.34. The van der Waals surface area contributed by atoms with Gasteiger partial charge in [-0.25, -0.2) is 4.98 Å². The van der Waals surface area contributed by atoms with Crippen molar-refractivity contribution >= 4 is 0 Å². The molecule has 0 aliphatic heterocycles. The molecule has 0 aliphatic carbocycles. The first kappa shape index (κ1) is 10.5. The number of rotatable bonds is 3. The summed E-state index contributed by atoms with van der Waals surface area (Å²) in [5, 5.41) is 0. The largest absolute Gasteiger partial charge is 0.497 e. The Balaban J connectivity index is 2.23. The minimum absolute atomic E-state index is 0.575. The number of ether oxygens (including phenoxy) is 2. The van der Waals surface area contributed by atoms with Gasteiger partial charge in [0.2, 0.25) is 0 Å². The highest BCUT2D eigenvalue weighted by Crippen LogP contribution is 2.24. The second kappa shape index (κ2) is 4.26. The lowest BCUT2D eigenvalue weighted by Crippen LogP contribution is -1.96. The molecular formula is C12H14N2O2. The Kier molecular flexibility index (Phi) is 2.81. The molecule has 0 unspecified atom stereocenters. The standard InChI is InChI=1S/C12H14N2O2/c1-9-8-13-12(14(9)2)16-11-6-4-5-10(7-11)15-3/h4-8H,1-3H3. The van der Waals surface area contributed by atoms with Crippen molar-refractivity contribution < 1.29 is 9.47 Å². The van der Waals surface area contributed by atoms with Gasteiger partial charge in [-0.3, -0.25) is 0 Å². The van der Waals surface area contributed by atoms with Crippen LogP contribution in [0.15, 0.2) is 30.5 Å². The molecule has 1 aromatic heterocycles. The van der Waals surface area contributed by atoms with Crippen LogP contribution in [0.5, 0.6) is 17.5 Å². The van der Waals surface area contributed by atoms with Crippen molar-refractivity contribution in [1.29, 1.82) is 0 Å². The maximum Gasteiger partial charge on any atom is 0.301 e. The van der Waals surface area contributed by atoms with Crippen LogP contribution in [0.3, 0.4) is 0 Å². The highest BCUT2D eigenvalue weighted by atomic mass is 16.5. The summed E-state index contributed by atoms with van der Waals surface area (Å²) in [4.78, 5) is 4.17. The maximum atomic E-state index is 5.64. The third kappa shape index (κ3) is 2.00. The van der Waals surface area contributed by atoms with Crippen LogP contribution in [-0.2, 0) is 7.05 Å². The molecule has 0 spiro atoms. The molecule has 1 heterocycles. The number of nitrogens with zero attached hydrogens (tertiary/aromatic N) is 2. The molecule has 0 N–H and O–H groups in total. The molecule has 0 atom stereocenters. The van der Waals surface area contributed by atoms with Gasteiger partial charge in [-0.2, -0.15) is 0 Å². The molecular weight excluding hydrogens is 204 g/mol. The predicted octanol–water partition coefficient (Wildman–Crippen LogP) is 2.53. The molecule has 1 aromatic carbocycles. The van der Waals surface area contributed by atoms with Crippen molar-refractivity contribution in [2.75, 3.05) is 7.11 Å². The van der Waals surface area contributed by atoms with Gasteiger partial charge in [-0.15, -0.1) is 0 Å². The summed E-state index contributed by atoms with van der Waals surface area (Å²) in [5.41, 5.74) is 1.05. The van der Waals surface area contributed by atoms with E-state index >= 15 is 0 Å². The van der Waals surface area contributed by atoms with Crippen molar-refractivity contribution in [3.05, 3.63) is 36.2 Å². The minimum atomic E-state index is 0.575. The first-order valence-corrected chi connectivity index (χ1v) is 5.01. The van der Waals surface area contributed by atoms with Gasteiger partial charge in [0, 0.05) is 18.8 Å². The molecule has 2 rings (SSSR count). The van der Waals surface area contributed by atoms with Crippen LogP contribution in [0.4, 0.5) is 0 Å². The number of imidazole rings is 1. The number of methoxy groups -OCH3 is 1. The van der Waals surface area contributed by atoms with Gasteiger partial charge in [0.15, 0.2) is 0 Å². The quantitative estimate of drug-likeness (QED) is 0.794. The monoisotopic (exact) mass is 218 g/mol. The van der Waals surface area contributed by atoms with Crippen molar-refractivity contribution in [1.82, 2.24) is 9.55 Å². The Bertz CT molecular complexity index is 492. The Hall–Kier alpha value is -1.97. The summed E-state index contributed by atoms with van der Waals surface area (Å²) in [6, 6.07) is 8.02. The van der Waals surface area contributed by atoms with E-state index in [0.717, 1.165) is 11.4 Å². The summed E-state index contributed by atoms with van der Waals surface area (Å²) in [6.07, 6.45) is 1.77. The van der Waals surface area contributed by atoms with Crippen LogP contribution >= 0.6 is 0 Å². The van der Waals surface area contributed by atoms with Crippen molar-refractivity contribution in [2.45, 2.75) is 6.92 Å². The van der Waals surface area contributed by atoms with Gasteiger partial charge < -0.3 is 14.0 Å². The average Bonchev–Trinajstić information content (AvgIpc) is 2.61. The van der Waals surface area contributed by atoms with Gasteiger partial charge >= 0.3 is 6.01 Å². The van der Waals surface area contributed by atoms with Crippen LogP contribution in [0.2, 0.25) is 0 Å². The van der Waals surface area contributed by atoms with E-state index < -0.39 is 0 Å². The zero-order valence-electron chi connectivity index (χ0n) is 9.60. The van der Waals surface area contributed by atoms with E-state index in [1.807, 2.05) is 42.8 Å². The molecule has 4 nitrogen and oxygen atoms in total. The van der Waals surface area contributed by atoms with Crippen molar-refractivity contribution in [3.8, 4) is 17.5 Å². The number of aryl methyl sites for hydroxylation is 1. The lowest BCUT2D eigenvalue weighted by molar-refractivity contribution is 0.399. The summed E-state index contributed by atoms with van der Waals surface area (Å²) >= 11 is 0. The number of aromatic nitrogens is 2. The topological polar surface area (TPSA) is 36.3 Å². The minimum Gasteiger partial charge on any atom is -0.497 e. The molecule has 0 bridgehead atoms. The lowest BCUT2D eigenvalue weighted by atomic mass is 10.3. The maximum absolute atomic E-state index is 5.64. The molecule has 2 aromatic rings. The molecule has 4 heteroatoms. The van der Waals surface area contributed by atoms with E-state index in [2.05, 4.69) is 4.98 Å².